The maximum atomic E-state index is 13.4. The van der Waals surface area contributed by atoms with Crippen LogP contribution in [0.15, 0.2) is 45.1 Å². The van der Waals surface area contributed by atoms with Crippen molar-refractivity contribution in [2.24, 2.45) is 14.1 Å². The van der Waals surface area contributed by atoms with Crippen LogP contribution in [-0.2, 0) is 31.1 Å². The molecule has 3 aromatic rings. The summed E-state index contributed by atoms with van der Waals surface area (Å²) >= 11 is 1.41. The molecule has 4 rings (SSSR count). The van der Waals surface area contributed by atoms with Crippen molar-refractivity contribution >= 4 is 11.8 Å². The number of rotatable bonds is 7. The van der Waals surface area contributed by atoms with Crippen LogP contribution >= 0.6 is 11.8 Å². The molecule has 170 valence electrons. The molecular formula is C21H25FN6O3S. The second kappa shape index (κ2) is 9.80. The molecule has 1 saturated heterocycles. The molecule has 3 heterocycles. The normalized spacial score (nSPS) is 14.7. The van der Waals surface area contributed by atoms with Gasteiger partial charge in [0.2, 0.25) is 0 Å². The Morgan fingerprint density at radius 1 is 1.03 bits per heavy atom. The third-order valence-corrected chi connectivity index (χ3v) is 6.54. The van der Waals surface area contributed by atoms with Crippen LogP contribution in [0.25, 0.3) is 11.4 Å². The molecule has 0 amide bonds. The van der Waals surface area contributed by atoms with Crippen molar-refractivity contribution < 1.29 is 9.13 Å². The third kappa shape index (κ3) is 4.84. The highest BCUT2D eigenvalue weighted by Gasteiger charge is 2.18. The highest BCUT2D eigenvalue weighted by Crippen LogP contribution is 2.26. The van der Waals surface area contributed by atoms with Crippen LogP contribution in [0.4, 0.5) is 4.39 Å². The van der Waals surface area contributed by atoms with Gasteiger partial charge in [0.05, 0.1) is 13.2 Å². The molecule has 0 radical (unpaired) electrons. The molecule has 11 heteroatoms. The molecule has 0 aliphatic carbocycles. The van der Waals surface area contributed by atoms with E-state index in [9.17, 15) is 14.0 Å². The molecule has 1 aromatic carbocycles. The molecule has 0 unspecified atom stereocenters. The predicted octanol–water partition coefficient (Wildman–Crippen LogP) is 1.11. The Morgan fingerprint density at radius 3 is 2.47 bits per heavy atom. The molecule has 1 fully saturated rings. The number of morpholine rings is 1. The predicted molar refractivity (Wildman–Crippen MR) is 119 cm³/mol. The molecule has 0 N–H and O–H groups in total. The van der Waals surface area contributed by atoms with Gasteiger partial charge in [0.15, 0.2) is 11.0 Å². The molecule has 32 heavy (non-hydrogen) atoms. The van der Waals surface area contributed by atoms with E-state index in [1.165, 1.54) is 41.6 Å². The fraction of sp³-hybridized carbons (Fsp3) is 0.429. The second-order valence-electron chi connectivity index (χ2n) is 7.58. The summed E-state index contributed by atoms with van der Waals surface area (Å²) in [5, 5.41) is 9.38. The van der Waals surface area contributed by atoms with Crippen molar-refractivity contribution in [1.82, 2.24) is 28.8 Å². The van der Waals surface area contributed by atoms with Crippen LogP contribution in [0, 0.1) is 5.82 Å². The number of halogens is 1. The highest BCUT2D eigenvalue weighted by atomic mass is 32.2. The van der Waals surface area contributed by atoms with E-state index in [2.05, 4.69) is 15.1 Å². The smallest absolute Gasteiger partial charge is 0.330 e. The number of hydrogen-bond donors (Lipinski definition) is 0. The lowest BCUT2D eigenvalue weighted by atomic mass is 10.2. The van der Waals surface area contributed by atoms with Crippen molar-refractivity contribution in [3.63, 3.8) is 0 Å². The van der Waals surface area contributed by atoms with E-state index in [0.29, 0.717) is 42.2 Å². The zero-order chi connectivity index (χ0) is 22.7. The van der Waals surface area contributed by atoms with Crippen LogP contribution in [0.3, 0.4) is 0 Å². The summed E-state index contributed by atoms with van der Waals surface area (Å²) in [6.45, 7) is 4.61. The summed E-state index contributed by atoms with van der Waals surface area (Å²) in [4.78, 5) is 26.6. The topological polar surface area (TPSA) is 87.2 Å². The summed E-state index contributed by atoms with van der Waals surface area (Å²) in [6.07, 6.45) is 0. The Kier molecular flexibility index (Phi) is 6.87. The van der Waals surface area contributed by atoms with Gasteiger partial charge < -0.3 is 9.30 Å². The minimum absolute atomic E-state index is 0.311. The Labute approximate surface area is 188 Å². The van der Waals surface area contributed by atoms with Crippen LogP contribution in [0.1, 0.15) is 5.69 Å². The Morgan fingerprint density at radius 2 is 1.75 bits per heavy atom. The van der Waals surface area contributed by atoms with Gasteiger partial charge in [-0.3, -0.25) is 18.8 Å². The second-order valence-corrected chi connectivity index (χ2v) is 8.52. The quantitative estimate of drug-likeness (QED) is 0.488. The SMILES string of the molecule is Cn1c(CSc2nnc(-c3ccc(F)cc3)n2CCN2CCOCC2)cc(=O)n(C)c1=O. The molecule has 1 aliphatic rings. The third-order valence-electron chi connectivity index (χ3n) is 5.54. The zero-order valence-corrected chi connectivity index (χ0v) is 18.8. The molecular weight excluding hydrogens is 435 g/mol. The molecule has 0 atom stereocenters. The van der Waals surface area contributed by atoms with E-state index >= 15 is 0 Å². The van der Waals surface area contributed by atoms with Crippen molar-refractivity contribution in [3.05, 3.63) is 62.7 Å². The largest absolute Gasteiger partial charge is 0.379 e. The first-order valence-electron chi connectivity index (χ1n) is 10.3. The first kappa shape index (κ1) is 22.4. The molecule has 1 aliphatic heterocycles. The maximum absolute atomic E-state index is 13.4. The molecule has 0 saturated carbocycles. The lowest BCUT2D eigenvalue weighted by Crippen LogP contribution is -2.38. The summed E-state index contributed by atoms with van der Waals surface area (Å²) < 4.78 is 23.4. The number of nitrogens with zero attached hydrogens (tertiary/aromatic N) is 6. The van der Waals surface area contributed by atoms with Crippen molar-refractivity contribution in [2.75, 3.05) is 32.8 Å². The number of thioether (sulfide) groups is 1. The fourth-order valence-electron chi connectivity index (χ4n) is 3.53. The van der Waals surface area contributed by atoms with Crippen LogP contribution in [-0.4, -0.2) is 61.6 Å². The Balaban J connectivity index is 1.60. The van der Waals surface area contributed by atoms with Gasteiger partial charge in [-0.15, -0.1) is 10.2 Å². The standard InChI is InChI=1S/C21H25FN6O3S/c1-25-17(13-18(29)26(2)21(25)30)14-32-20-24-23-19(15-3-5-16(22)6-4-15)28(20)8-7-27-9-11-31-12-10-27/h3-6,13H,7-12,14H2,1-2H3. The number of aromatic nitrogens is 5. The van der Waals surface area contributed by atoms with E-state index in [4.69, 9.17) is 4.74 Å². The minimum atomic E-state index is -0.367. The van der Waals surface area contributed by atoms with E-state index in [1.807, 2.05) is 4.57 Å². The van der Waals surface area contributed by atoms with Crippen LogP contribution < -0.4 is 11.2 Å². The van der Waals surface area contributed by atoms with E-state index in [1.54, 1.807) is 19.2 Å². The monoisotopic (exact) mass is 460 g/mol. The number of hydrogen-bond acceptors (Lipinski definition) is 7. The maximum Gasteiger partial charge on any atom is 0.330 e. The van der Waals surface area contributed by atoms with Gasteiger partial charge in [0.1, 0.15) is 5.82 Å². The van der Waals surface area contributed by atoms with Gasteiger partial charge in [0, 0.05) is 63.4 Å². The summed E-state index contributed by atoms with van der Waals surface area (Å²) in [5.41, 5.74) is 0.668. The average molecular weight is 461 g/mol. The summed E-state index contributed by atoms with van der Waals surface area (Å²) in [5.74, 6) is 0.730. The molecule has 0 spiro atoms. The van der Waals surface area contributed by atoms with Crippen molar-refractivity contribution in [1.29, 1.82) is 0 Å². The van der Waals surface area contributed by atoms with E-state index < -0.39 is 0 Å². The van der Waals surface area contributed by atoms with Gasteiger partial charge in [-0.1, -0.05) is 11.8 Å². The molecule has 9 nitrogen and oxygen atoms in total. The summed E-state index contributed by atoms with van der Waals surface area (Å²) in [7, 11) is 3.10. The van der Waals surface area contributed by atoms with Crippen molar-refractivity contribution in [3.8, 4) is 11.4 Å². The fourth-order valence-corrected chi connectivity index (χ4v) is 4.52. The molecule has 0 bridgehead atoms. The van der Waals surface area contributed by atoms with E-state index in [0.717, 1.165) is 29.8 Å². The van der Waals surface area contributed by atoms with Crippen LogP contribution in [0.2, 0.25) is 0 Å². The number of benzene rings is 1. The van der Waals surface area contributed by atoms with Gasteiger partial charge >= 0.3 is 5.69 Å². The van der Waals surface area contributed by atoms with Gasteiger partial charge in [-0.25, -0.2) is 9.18 Å². The minimum Gasteiger partial charge on any atom is -0.379 e. The van der Waals surface area contributed by atoms with Gasteiger partial charge in [0.25, 0.3) is 5.56 Å². The lowest BCUT2D eigenvalue weighted by Gasteiger charge is -2.27. The summed E-state index contributed by atoms with van der Waals surface area (Å²) in [6, 6.07) is 7.63. The zero-order valence-electron chi connectivity index (χ0n) is 18.0. The van der Waals surface area contributed by atoms with Crippen LogP contribution in [0.5, 0.6) is 0 Å². The first-order valence-corrected chi connectivity index (χ1v) is 11.3. The van der Waals surface area contributed by atoms with Gasteiger partial charge in [-0.05, 0) is 24.3 Å². The highest BCUT2D eigenvalue weighted by molar-refractivity contribution is 7.98. The Bertz CT molecular complexity index is 1200. The van der Waals surface area contributed by atoms with Gasteiger partial charge in [-0.2, -0.15) is 0 Å². The Hall–Kier alpha value is -2.76. The van der Waals surface area contributed by atoms with E-state index in [-0.39, 0.29) is 17.1 Å². The first-order chi connectivity index (χ1) is 15.4. The van der Waals surface area contributed by atoms with Crippen molar-refractivity contribution in [2.45, 2.75) is 17.5 Å². The molecule has 2 aromatic heterocycles. The average Bonchev–Trinajstić information content (AvgIpc) is 3.21. The number of ether oxygens (including phenoxy) is 1. The lowest BCUT2D eigenvalue weighted by molar-refractivity contribution is 0.0361.